The molecular weight excluding hydrogens is 478 g/mol. The highest BCUT2D eigenvalue weighted by molar-refractivity contribution is 7.89. The van der Waals surface area contributed by atoms with Crippen molar-refractivity contribution in [3.8, 4) is 0 Å². The predicted molar refractivity (Wildman–Crippen MR) is 133 cm³/mol. The molecule has 0 saturated carbocycles. The maximum Gasteiger partial charge on any atom is 0.279 e. The lowest BCUT2D eigenvalue weighted by Gasteiger charge is -2.34. The van der Waals surface area contributed by atoms with E-state index in [2.05, 4.69) is 4.99 Å². The number of piperidine rings is 1. The predicted octanol–water partition coefficient (Wildman–Crippen LogP) is 5.38. The van der Waals surface area contributed by atoms with Gasteiger partial charge in [0.25, 0.3) is 5.91 Å². The molecular formula is C24H28ClN3O3S2. The highest BCUT2D eigenvalue weighted by Gasteiger charge is 2.32. The number of aryl methyl sites for hydroxylation is 2. The average Bonchev–Trinajstić information content (AvgIpc) is 3.16. The maximum absolute atomic E-state index is 13.2. The van der Waals surface area contributed by atoms with Crippen LogP contribution < -0.4 is 4.80 Å². The molecule has 2 heterocycles. The van der Waals surface area contributed by atoms with Gasteiger partial charge >= 0.3 is 0 Å². The van der Waals surface area contributed by atoms with E-state index in [0.717, 1.165) is 41.5 Å². The molecule has 2 aromatic carbocycles. The third-order valence-electron chi connectivity index (χ3n) is 6.20. The van der Waals surface area contributed by atoms with Crippen LogP contribution in [0.15, 0.2) is 46.3 Å². The lowest BCUT2D eigenvalue weighted by molar-refractivity contribution is 0.0997. The summed E-state index contributed by atoms with van der Waals surface area (Å²) >= 11 is 7.62. The molecule has 1 amide bonds. The summed E-state index contributed by atoms with van der Waals surface area (Å²) in [5.41, 5.74) is 2.41. The third kappa shape index (κ3) is 4.67. The average molecular weight is 506 g/mol. The molecule has 1 aliphatic rings. The first-order valence-corrected chi connectivity index (χ1v) is 13.9. The van der Waals surface area contributed by atoms with Crippen LogP contribution in [0.5, 0.6) is 0 Å². The molecule has 33 heavy (non-hydrogen) atoms. The van der Waals surface area contributed by atoms with Crippen molar-refractivity contribution in [2.24, 2.45) is 4.99 Å². The highest BCUT2D eigenvalue weighted by Crippen LogP contribution is 2.28. The lowest BCUT2D eigenvalue weighted by Crippen LogP contribution is -2.43. The van der Waals surface area contributed by atoms with Gasteiger partial charge in [-0.3, -0.25) is 4.79 Å². The van der Waals surface area contributed by atoms with Crippen molar-refractivity contribution < 1.29 is 13.2 Å². The first kappa shape index (κ1) is 24.1. The van der Waals surface area contributed by atoms with Crippen LogP contribution in [0.3, 0.4) is 0 Å². The Labute approximate surface area is 203 Å². The van der Waals surface area contributed by atoms with Gasteiger partial charge in [-0.1, -0.05) is 36.3 Å². The second kappa shape index (κ2) is 9.70. The van der Waals surface area contributed by atoms with Crippen LogP contribution in [0.4, 0.5) is 0 Å². The van der Waals surface area contributed by atoms with Crippen LogP contribution in [0.1, 0.15) is 55.5 Å². The fraction of sp³-hybridized carbons (Fsp3) is 0.417. The molecule has 176 valence electrons. The van der Waals surface area contributed by atoms with E-state index in [1.807, 2.05) is 37.5 Å². The number of rotatable bonds is 5. The van der Waals surface area contributed by atoms with Crippen LogP contribution in [0.2, 0.25) is 5.02 Å². The van der Waals surface area contributed by atoms with Crippen molar-refractivity contribution in [2.75, 3.05) is 6.54 Å². The summed E-state index contributed by atoms with van der Waals surface area (Å²) in [4.78, 5) is 18.1. The van der Waals surface area contributed by atoms with Crippen LogP contribution in [-0.4, -0.2) is 35.8 Å². The SMILES string of the molecule is CCC1CCCCN1S(=O)(=O)c1ccc(C(=O)N=c2sc3cc(Cl)cc(C)c3n2CC)cc1. The van der Waals surface area contributed by atoms with E-state index in [1.165, 1.54) is 23.5 Å². The molecule has 0 bridgehead atoms. The Morgan fingerprint density at radius 3 is 2.58 bits per heavy atom. The van der Waals surface area contributed by atoms with Gasteiger partial charge in [0.2, 0.25) is 10.0 Å². The van der Waals surface area contributed by atoms with Gasteiger partial charge in [0.15, 0.2) is 4.80 Å². The van der Waals surface area contributed by atoms with E-state index in [4.69, 9.17) is 11.6 Å². The Morgan fingerprint density at radius 1 is 1.18 bits per heavy atom. The topological polar surface area (TPSA) is 71.7 Å². The number of aromatic nitrogens is 1. The number of thiazole rings is 1. The smallest absolute Gasteiger partial charge is 0.279 e. The van der Waals surface area contributed by atoms with Gasteiger partial charge in [-0.15, -0.1) is 0 Å². The van der Waals surface area contributed by atoms with Gasteiger partial charge < -0.3 is 4.57 Å². The van der Waals surface area contributed by atoms with Gasteiger partial charge in [0.1, 0.15) is 0 Å². The number of hydrogen-bond donors (Lipinski definition) is 0. The Hall–Kier alpha value is -2.00. The Kier molecular flexibility index (Phi) is 7.09. The molecule has 0 spiro atoms. The summed E-state index contributed by atoms with van der Waals surface area (Å²) in [5.74, 6) is -0.402. The number of halogens is 1. The number of carbonyl (C=O) groups excluding carboxylic acids is 1. The van der Waals surface area contributed by atoms with E-state index in [1.54, 1.807) is 16.4 Å². The van der Waals surface area contributed by atoms with Crippen molar-refractivity contribution in [3.63, 3.8) is 0 Å². The molecule has 3 aromatic rings. The van der Waals surface area contributed by atoms with Crippen molar-refractivity contribution in [3.05, 3.63) is 57.3 Å². The molecule has 1 saturated heterocycles. The van der Waals surface area contributed by atoms with Gasteiger partial charge in [-0.05, 0) is 75.1 Å². The van der Waals surface area contributed by atoms with Gasteiger partial charge in [0, 0.05) is 29.7 Å². The fourth-order valence-corrected chi connectivity index (χ4v) is 7.82. The molecule has 9 heteroatoms. The minimum absolute atomic E-state index is 0.0365. The number of amides is 1. The summed E-state index contributed by atoms with van der Waals surface area (Å²) in [5, 5.41) is 0.651. The third-order valence-corrected chi connectivity index (χ3v) is 9.41. The number of carbonyl (C=O) groups is 1. The lowest BCUT2D eigenvalue weighted by atomic mass is 10.0. The molecule has 1 fully saturated rings. The molecule has 1 aliphatic heterocycles. The molecule has 0 aliphatic carbocycles. The molecule has 0 N–H and O–H groups in total. The Bertz CT molecular complexity index is 1360. The molecule has 1 atom stereocenters. The van der Waals surface area contributed by atoms with Crippen molar-refractivity contribution >= 4 is 49.1 Å². The Morgan fingerprint density at radius 2 is 1.91 bits per heavy atom. The summed E-state index contributed by atoms with van der Waals surface area (Å²) in [6.45, 7) is 7.23. The van der Waals surface area contributed by atoms with Crippen LogP contribution in [0, 0.1) is 6.92 Å². The second-order valence-electron chi connectivity index (χ2n) is 8.31. The highest BCUT2D eigenvalue weighted by atomic mass is 35.5. The van der Waals surface area contributed by atoms with Gasteiger partial charge in [0.05, 0.1) is 15.1 Å². The van der Waals surface area contributed by atoms with Crippen molar-refractivity contribution in [1.29, 1.82) is 0 Å². The van der Waals surface area contributed by atoms with Gasteiger partial charge in [-0.2, -0.15) is 9.30 Å². The van der Waals surface area contributed by atoms with E-state index in [-0.39, 0.29) is 10.9 Å². The van der Waals surface area contributed by atoms with Crippen LogP contribution in [-0.2, 0) is 16.6 Å². The molecule has 1 unspecified atom stereocenters. The van der Waals surface area contributed by atoms with Gasteiger partial charge in [-0.25, -0.2) is 8.42 Å². The minimum atomic E-state index is -3.58. The summed E-state index contributed by atoms with van der Waals surface area (Å²) in [6.07, 6.45) is 3.62. The number of sulfonamides is 1. The number of nitrogens with zero attached hydrogens (tertiary/aromatic N) is 3. The Balaban J connectivity index is 1.66. The van der Waals surface area contributed by atoms with E-state index < -0.39 is 15.9 Å². The first-order valence-electron chi connectivity index (χ1n) is 11.3. The number of hydrogen-bond acceptors (Lipinski definition) is 4. The standard InChI is InChI=1S/C24H28ClN3O3S2/c1-4-19-8-6-7-13-28(19)33(30,31)20-11-9-17(10-12-20)23(29)26-24-27(5-2)22-16(3)14-18(25)15-21(22)32-24/h9-12,14-15,19H,4-8,13H2,1-3H3. The first-order chi connectivity index (χ1) is 15.8. The van der Waals surface area contributed by atoms with E-state index in [9.17, 15) is 13.2 Å². The van der Waals surface area contributed by atoms with Crippen LogP contribution >= 0.6 is 22.9 Å². The zero-order valence-corrected chi connectivity index (χ0v) is 21.4. The van der Waals surface area contributed by atoms with Crippen molar-refractivity contribution in [2.45, 2.75) is 63.9 Å². The van der Waals surface area contributed by atoms with Crippen LogP contribution in [0.25, 0.3) is 10.2 Å². The van der Waals surface area contributed by atoms with Crippen molar-refractivity contribution in [1.82, 2.24) is 8.87 Å². The maximum atomic E-state index is 13.2. The minimum Gasteiger partial charge on any atom is -0.316 e. The molecule has 1 aromatic heterocycles. The molecule has 6 nitrogen and oxygen atoms in total. The monoisotopic (exact) mass is 505 g/mol. The number of benzene rings is 2. The zero-order valence-electron chi connectivity index (χ0n) is 19.0. The summed E-state index contributed by atoms with van der Waals surface area (Å²) in [6, 6.07) is 9.96. The normalized spacial score (nSPS) is 18.2. The fourth-order valence-electron chi connectivity index (χ4n) is 4.51. The number of fused-ring (bicyclic) bond motifs is 1. The summed E-state index contributed by atoms with van der Waals surface area (Å²) in [7, 11) is -3.58. The largest absolute Gasteiger partial charge is 0.316 e. The molecule has 0 radical (unpaired) electrons. The quantitative estimate of drug-likeness (QED) is 0.467. The molecule has 4 rings (SSSR count). The second-order valence-corrected chi connectivity index (χ2v) is 11.6. The summed E-state index contributed by atoms with van der Waals surface area (Å²) < 4.78 is 30.9. The van der Waals surface area contributed by atoms with E-state index in [0.29, 0.717) is 28.5 Å². The van der Waals surface area contributed by atoms with E-state index >= 15 is 0 Å². The zero-order chi connectivity index (χ0) is 23.8.